The van der Waals surface area contributed by atoms with Crippen LogP contribution < -0.4 is 5.32 Å². The summed E-state index contributed by atoms with van der Waals surface area (Å²) in [5.74, 6) is 0.266. The van der Waals surface area contributed by atoms with Gasteiger partial charge in [0.15, 0.2) is 5.78 Å². The molecule has 136 valence electrons. The van der Waals surface area contributed by atoms with Crippen LogP contribution in [-0.4, -0.2) is 26.5 Å². The first-order chi connectivity index (χ1) is 13.0. The van der Waals surface area contributed by atoms with Crippen LogP contribution in [0.1, 0.15) is 45.2 Å². The summed E-state index contributed by atoms with van der Waals surface area (Å²) in [6.45, 7) is 1.75. The number of amides is 1. The smallest absolute Gasteiger partial charge is 0.295 e. The number of benzene rings is 2. The van der Waals surface area contributed by atoms with Gasteiger partial charge in [0, 0.05) is 17.7 Å². The lowest BCUT2D eigenvalue weighted by Crippen LogP contribution is -2.16. The van der Waals surface area contributed by atoms with Crippen molar-refractivity contribution in [3.8, 4) is 5.69 Å². The second-order valence-corrected chi connectivity index (χ2v) is 6.86. The van der Waals surface area contributed by atoms with Crippen LogP contribution in [0.2, 0.25) is 5.02 Å². The molecule has 1 N–H and O–H groups in total. The van der Waals surface area contributed by atoms with Crippen LogP contribution in [0.5, 0.6) is 0 Å². The predicted octanol–water partition coefficient (Wildman–Crippen LogP) is 4.00. The molecule has 1 aromatic heterocycles. The number of Topliss-reactive ketones (excluding diaryl/α,β-unsaturated/α-hetero) is 1. The number of carbonyl (C=O) groups is 2. The number of nitrogens with one attached hydrogen (secondary N) is 1. The Balaban J connectivity index is 1.59. The first-order valence-electron chi connectivity index (χ1n) is 8.69. The van der Waals surface area contributed by atoms with E-state index >= 15 is 0 Å². The summed E-state index contributed by atoms with van der Waals surface area (Å²) >= 11 is 6.21. The largest absolute Gasteiger partial charge is 0.319 e. The summed E-state index contributed by atoms with van der Waals surface area (Å²) in [6, 6.07) is 12.6. The molecule has 1 aliphatic carbocycles. The lowest BCUT2D eigenvalue weighted by atomic mass is 9.90. The third-order valence-electron chi connectivity index (χ3n) is 4.57. The molecule has 2 aromatic carbocycles. The van der Waals surface area contributed by atoms with E-state index < -0.39 is 5.91 Å². The van der Waals surface area contributed by atoms with Crippen LogP contribution >= 0.6 is 11.6 Å². The summed E-state index contributed by atoms with van der Waals surface area (Å²) < 4.78 is 1.54. The summed E-state index contributed by atoms with van der Waals surface area (Å²) in [4.78, 5) is 28.9. The van der Waals surface area contributed by atoms with Gasteiger partial charge in [0.1, 0.15) is 5.82 Å². The highest BCUT2D eigenvalue weighted by atomic mass is 35.5. The standard InChI is InChI=1S/C20H17ClN4O2/c1-12-22-19(24-25(12)17-7-3-2-6-16(17)21)20(27)23-14-10-9-13-5-4-8-18(26)15(13)11-14/h2-3,6-7,9-11H,4-5,8H2,1H3,(H,23,27). The Morgan fingerprint density at radius 1 is 1.19 bits per heavy atom. The average molecular weight is 381 g/mol. The minimum absolute atomic E-state index is 0.0384. The number of hydrogen-bond donors (Lipinski definition) is 1. The SMILES string of the molecule is Cc1nc(C(=O)Nc2ccc3c(c2)C(=O)CCC3)nn1-c1ccccc1Cl. The molecule has 0 unspecified atom stereocenters. The van der Waals surface area contributed by atoms with Crippen LogP contribution in [0.25, 0.3) is 5.69 Å². The van der Waals surface area contributed by atoms with Crippen molar-refractivity contribution in [3.05, 3.63) is 70.3 Å². The fraction of sp³-hybridized carbons (Fsp3) is 0.200. The number of fused-ring (bicyclic) bond motifs is 1. The monoisotopic (exact) mass is 380 g/mol. The average Bonchev–Trinajstić information content (AvgIpc) is 3.04. The molecule has 0 saturated carbocycles. The number of ketones is 1. The van der Waals surface area contributed by atoms with E-state index in [9.17, 15) is 9.59 Å². The third-order valence-corrected chi connectivity index (χ3v) is 4.89. The molecule has 0 saturated heterocycles. The molecule has 27 heavy (non-hydrogen) atoms. The van der Waals surface area contributed by atoms with Crippen molar-refractivity contribution in [2.45, 2.75) is 26.2 Å². The number of carbonyl (C=O) groups excluding carboxylic acids is 2. The molecular formula is C20H17ClN4O2. The predicted molar refractivity (Wildman–Crippen MR) is 103 cm³/mol. The van der Waals surface area contributed by atoms with Gasteiger partial charge in [0.05, 0.1) is 10.7 Å². The Bertz CT molecular complexity index is 1060. The zero-order valence-electron chi connectivity index (χ0n) is 14.7. The van der Waals surface area contributed by atoms with Gasteiger partial charge >= 0.3 is 0 Å². The number of halogens is 1. The maximum atomic E-state index is 12.6. The summed E-state index contributed by atoms with van der Waals surface area (Å²) in [5.41, 5.74) is 2.93. The van der Waals surface area contributed by atoms with Gasteiger partial charge in [-0.1, -0.05) is 29.8 Å². The fourth-order valence-electron chi connectivity index (χ4n) is 3.23. The number of aromatic nitrogens is 3. The minimum Gasteiger partial charge on any atom is -0.319 e. The Labute approximate surface area is 161 Å². The van der Waals surface area contributed by atoms with Gasteiger partial charge in [0.2, 0.25) is 5.82 Å². The molecule has 7 heteroatoms. The molecule has 6 nitrogen and oxygen atoms in total. The Kier molecular flexibility index (Phi) is 4.49. The highest BCUT2D eigenvalue weighted by Gasteiger charge is 2.20. The molecule has 1 amide bonds. The molecule has 1 aliphatic rings. The molecule has 0 radical (unpaired) electrons. The summed E-state index contributed by atoms with van der Waals surface area (Å²) in [5, 5.41) is 7.57. The number of para-hydroxylation sites is 1. The van der Waals surface area contributed by atoms with Crippen molar-refractivity contribution < 1.29 is 9.59 Å². The summed E-state index contributed by atoms with van der Waals surface area (Å²) in [7, 11) is 0. The number of hydrogen-bond acceptors (Lipinski definition) is 4. The van der Waals surface area contributed by atoms with E-state index in [1.165, 1.54) is 4.68 Å². The zero-order valence-corrected chi connectivity index (χ0v) is 15.5. The van der Waals surface area contributed by atoms with Gasteiger partial charge in [-0.2, -0.15) is 0 Å². The molecule has 4 rings (SSSR count). The minimum atomic E-state index is -0.438. The van der Waals surface area contributed by atoms with E-state index in [1.807, 2.05) is 18.2 Å². The first-order valence-corrected chi connectivity index (χ1v) is 9.07. The molecule has 0 spiro atoms. The number of rotatable bonds is 3. The lowest BCUT2D eigenvalue weighted by molar-refractivity contribution is 0.0970. The van der Waals surface area contributed by atoms with Crippen molar-refractivity contribution >= 4 is 29.0 Å². The van der Waals surface area contributed by atoms with Crippen molar-refractivity contribution in [1.82, 2.24) is 14.8 Å². The maximum absolute atomic E-state index is 12.6. The second-order valence-electron chi connectivity index (χ2n) is 6.45. The Morgan fingerprint density at radius 2 is 2.00 bits per heavy atom. The zero-order chi connectivity index (χ0) is 19.0. The molecule has 0 atom stereocenters. The van der Waals surface area contributed by atoms with Gasteiger partial charge in [-0.05, 0) is 49.6 Å². The van der Waals surface area contributed by atoms with E-state index in [0.717, 1.165) is 18.4 Å². The van der Waals surface area contributed by atoms with E-state index in [1.54, 1.807) is 31.2 Å². The van der Waals surface area contributed by atoms with Crippen LogP contribution in [0.3, 0.4) is 0 Å². The molecule has 0 fully saturated rings. The highest BCUT2D eigenvalue weighted by Crippen LogP contribution is 2.25. The van der Waals surface area contributed by atoms with Crippen molar-refractivity contribution in [2.24, 2.45) is 0 Å². The lowest BCUT2D eigenvalue weighted by Gasteiger charge is -2.15. The van der Waals surface area contributed by atoms with E-state index in [4.69, 9.17) is 11.6 Å². The van der Waals surface area contributed by atoms with Crippen molar-refractivity contribution in [3.63, 3.8) is 0 Å². The van der Waals surface area contributed by atoms with E-state index in [0.29, 0.717) is 34.2 Å². The molecule has 3 aromatic rings. The number of aryl methyl sites for hydroxylation is 2. The topological polar surface area (TPSA) is 76.9 Å². The van der Waals surface area contributed by atoms with Crippen molar-refractivity contribution in [2.75, 3.05) is 5.32 Å². The van der Waals surface area contributed by atoms with E-state index in [2.05, 4.69) is 15.4 Å². The van der Waals surface area contributed by atoms with Gasteiger partial charge < -0.3 is 5.32 Å². The molecule has 1 heterocycles. The molecule has 0 bridgehead atoms. The van der Waals surface area contributed by atoms with Crippen molar-refractivity contribution in [1.29, 1.82) is 0 Å². The number of anilines is 1. The van der Waals surface area contributed by atoms with Gasteiger partial charge in [-0.3, -0.25) is 9.59 Å². The van der Waals surface area contributed by atoms with Crippen LogP contribution in [-0.2, 0) is 6.42 Å². The van der Waals surface area contributed by atoms with Gasteiger partial charge in [0.25, 0.3) is 5.91 Å². The Hall–Kier alpha value is -2.99. The molecule has 0 aliphatic heterocycles. The molecular weight excluding hydrogens is 364 g/mol. The third kappa shape index (κ3) is 3.36. The Morgan fingerprint density at radius 3 is 2.81 bits per heavy atom. The second kappa shape index (κ2) is 6.96. The van der Waals surface area contributed by atoms with Gasteiger partial charge in [-0.15, -0.1) is 5.10 Å². The normalized spacial score (nSPS) is 13.3. The number of nitrogens with zero attached hydrogens (tertiary/aromatic N) is 3. The van der Waals surface area contributed by atoms with Crippen LogP contribution in [0.15, 0.2) is 42.5 Å². The van der Waals surface area contributed by atoms with Gasteiger partial charge in [-0.25, -0.2) is 9.67 Å². The summed E-state index contributed by atoms with van der Waals surface area (Å²) in [6.07, 6.45) is 2.31. The first kappa shape index (κ1) is 17.4. The van der Waals surface area contributed by atoms with Crippen LogP contribution in [0, 0.1) is 6.92 Å². The maximum Gasteiger partial charge on any atom is 0.295 e. The quantitative estimate of drug-likeness (QED) is 0.745. The van der Waals surface area contributed by atoms with E-state index in [-0.39, 0.29) is 11.6 Å². The highest BCUT2D eigenvalue weighted by molar-refractivity contribution is 6.32. The van der Waals surface area contributed by atoms with Crippen LogP contribution in [0.4, 0.5) is 5.69 Å². The fourth-order valence-corrected chi connectivity index (χ4v) is 3.45.